The molecular weight excluding hydrogens is 348 g/mol. The summed E-state index contributed by atoms with van der Waals surface area (Å²) in [6.07, 6.45) is 7.93. The van der Waals surface area contributed by atoms with Gasteiger partial charge in [0, 0.05) is 13.1 Å². The van der Waals surface area contributed by atoms with Gasteiger partial charge in [0.1, 0.15) is 6.04 Å². The Morgan fingerprint density at radius 1 is 1.15 bits per heavy atom. The average molecular weight is 375 g/mol. The lowest BCUT2D eigenvalue weighted by Gasteiger charge is -2.35. The molecule has 1 fully saturated rings. The van der Waals surface area contributed by atoms with Gasteiger partial charge in [-0.3, -0.25) is 19.3 Å². The first kappa shape index (κ1) is 19.0. The van der Waals surface area contributed by atoms with Crippen LogP contribution in [0.25, 0.3) is 0 Å². The van der Waals surface area contributed by atoms with E-state index >= 15 is 0 Å². The molecule has 26 heavy (non-hydrogen) atoms. The van der Waals surface area contributed by atoms with E-state index in [4.69, 9.17) is 0 Å². The number of carbonyl (C=O) groups excluding carboxylic acids is 3. The molecule has 0 N–H and O–H groups in total. The summed E-state index contributed by atoms with van der Waals surface area (Å²) in [5.41, 5.74) is 0.805. The molecule has 0 spiro atoms. The topological polar surface area (TPSA) is 57.7 Å². The maximum absolute atomic E-state index is 13.2. The molecule has 6 heteroatoms. The number of imide groups is 1. The molecule has 0 bridgehead atoms. The number of nitrogens with zero attached hydrogens (tertiary/aromatic N) is 2. The van der Waals surface area contributed by atoms with Crippen molar-refractivity contribution in [3.05, 3.63) is 35.4 Å². The van der Waals surface area contributed by atoms with Crippen molar-refractivity contribution >= 4 is 29.5 Å². The minimum Gasteiger partial charge on any atom is -0.341 e. The monoisotopic (exact) mass is 374 g/mol. The van der Waals surface area contributed by atoms with Crippen LogP contribution >= 0.6 is 11.8 Å². The molecule has 1 atom stereocenters. The third-order valence-corrected chi connectivity index (χ3v) is 6.13. The lowest BCUT2D eigenvalue weighted by molar-refractivity contribution is -0.136. The van der Waals surface area contributed by atoms with Crippen molar-refractivity contribution in [1.82, 2.24) is 9.80 Å². The van der Waals surface area contributed by atoms with E-state index in [-0.39, 0.29) is 23.8 Å². The van der Waals surface area contributed by atoms with Crippen LogP contribution in [0.1, 0.15) is 59.2 Å². The summed E-state index contributed by atoms with van der Waals surface area (Å²) >= 11 is 1.62. The van der Waals surface area contributed by atoms with Crippen LogP contribution < -0.4 is 0 Å². The summed E-state index contributed by atoms with van der Waals surface area (Å²) in [6.45, 7) is 0. The number of benzene rings is 1. The van der Waals surface area contributed by atoms with Crippen molar-refractivity contribution in [3.8, 4) is 0 Å². The highest BCUT2D eigenvalue weighted by Gasteiger charge is 2.43. The first-order chi connectivity index (χ1) is 12.6. The van der Waals surface area contributed by atoms with Crippen molar-refractivity contribution in [2.24, 2.45) is 0 Å². The van der Waals surface area contributed by atoms with Crippen molar-refractivity contribution in [2.45, 2.75) is 50.6 Å². The molecular formula is C20H26N2O3S. The zero-order valence-electron chi connectivity index (χ0n) is 15.4. The smallest absolute Gasteiger partial charge is 0.262 e. The standard InChI is InChI=1S/C20H26N2O3S/c1-21(14-8-4-3-5-9-14)20(25)17(12-13-26-2)22-18(23)15-10-6-7-11-16(15)19(22)24/h6-7,10-11,14,17H,3-5,8-9,12-13H2,1-2H3. The molecule has 1 saturated carbocycles. The average Bonchev–Trinajstić information content (AvgIpc) is 2.93. The Hall–Kier alpha value is -1.82. The Kier molecular flexibility index (Phi) is 6.01. The van der Waals surface area contributed by atoms with Gasteiger partial charge < -0.3 is 4.90 Å². The highest BCUT2D eigenvalue weighted by Crippen LogP contribution is 2.28. The number of hydrogen-bond donors (Lipinski definition) is 0. The van der Waals surface area contributed by atoms with E-state index < -0.39 is 6.04 Å². The molecule has 3 amide bonds. The fraction of sp³-hybridized carbons (Fsp3) is 0.550. The van der Waals surface area contributed by atoms with E-state index in [0.717, 1.165) is 31.4 Å². The van der Waals surface area contributed by atoms with Gasteiger partial charge in [-0.1, -0.05) is 31.4 Å². The number of rotatable bonds is 6. The normalized spacial score (nSPS) is 18.8. The first-order valence-corrected chi connectivity index (χ1v) is 10.7. The number of amides is 3. The molecule has 1 aromatic rings. The van der Waals surface area contributed by atoms with E-state index in [0.29, 0.717) is 17.5 Å². The minimum atomic E-state index is -0.721. The zero-order chi connectivity index (χ0) is 18.7. The maximum atomic E-state index is 13.2. The van der Waals surface area contributed by atoms with Crippen molar-refractivity contribution in [1.29, 1.82) is 0 Å². The number of fused-ring (bicyclic) bond motifs is 1. The predicted molar refractivity (Wildman–Crippen MR) is 103 cm³/mol. The molecule has 1 heterocycles. The van der Waals surface area contributed by atoms with Crippen LogP contribution in [0.5, 0.6) is 0 Å². The lowest BCUT2D eigenvalue weighted by atomic mass is 9.94. The Labute approximate surface area is 159 Å². The van der Waals surface area contributed by atoms with Crippen molar-refractivity contribution in [3.63, 3.8) is 0 Å². The molecule has 3 rings (SSSR count). The third kappa shape index (κ3) is 3.52. The van der Waals surface area contributed by atoms with E-state index in [1.807, 2.05) is 13.3 Å². The number of hydrogen-bond acceptors (Lipinski definition) is 4. The third-order valence-electron chi connectivity index (χ3n) is 5.49. The van der Waals surface area contributed by atoms with E-state index in [1.54, 1.807) is 40.9 Å². The van der Waals surface area contributed by atoms with E-state index in [2.05, 4.69) is 0 Å². The van der Waals surface area contributed by atoms with Gasteiger partial charge in [0.2, 0.25) is 5.91 Å². The Bertz CT molecular complexity index is 665. The summed E-state index contributed by atoms with van der Waals surface area (Å²) in [7, 11) is 1.82. The summed E-state index contributed by atoms with van der Waals surface area (Å²) in [5, 5.41) is 0. The molecule has 0 aromatic heterocycles. The van der Waals surface area contributed by atoms with Crippen molar-refractivity contribution < 1.29 is 14.4 Å². The molecule has 1 unspecified atom stereocenters. The summed E-state index contributed by atoms with van der Waals surface area (Å²) in [5.74, 6) is -0.0767. The van der Waals surface area contributed by atoms with Gasteiger partial charge >= 0.3 is 0 Å². The van der Waals surface area contributed by atoms with Gasteiger partial charge in [-0.25, -0.2) is 0 Å². The molecule has 140 valence electrons. The van der Waals surface area contributed by atoms with Gasteiger partial charge in [-0.05, 0) is 43.4 Å². The van der Waals surface area contributed by atoms with Crippen LogP contribution in [0.3, 0.4) is 0 Å². The molecule has 0 saturated heterocycles. The molecule has 1 aliphatic heterocycles. The maximum Gasteiger partial charge on any atom is 0.262 e. The fourth-order valence-corrected chi connectivity index (χ4v) is 4.43. The number of thioether (sulfide) groups is 1. The molecule has 5 nitrogen and oxygen atoms in total. The highest BCUT2D eigenvalue weighted by atomic mass is 32.2. The Morgan fingerprint density at radius 3 is 2.27 bits per heavy atom. The lowest BCUT2D eigenvalue weighted by Crippen LogP contribution is -2.52. The minimum absolute atomic E-state index is 0.111. The number of likely N-dealkylation sites (N-methyl/N-ethyl adjacent to an activating group) is 1. The van der Waals surface area contributed by atoms with Crippen LogP contribution in [0.4, 0.5) is 0 Å². The van der Waals surface area contributed by atoms with E-state index in [1.165, 1.54) is 11.3 Å². The molecule has 1 aromatic carbocycles. The zero-order valence-corrected chi connectivity index (χ0v) is 16.3. The van der Waals surface area contributed by atoms with Crippen LogP contribution in [-0.4, -0.2) is 58.7 Å². The molecule has 2 aliphatic rings. The molecule has 1 aliphatic carbocycles. The van der Waals surface area contributed by atoms with Crippen LogP contribution in [-0.2, 0) is 4.79 Å². The van der Waals surface area contributed by atoms with Gasteiger partial charge in [0.25, 0.3) is 11.8 Å². The first-order valence-electron chi connectivity index (χ1n) is 9.28. The Morgan fingerprint density at radius 2 is 1.73 bits per heavy atom. The van der Waals surface area contributed by atoms with Crippen LogP contribution in [0.15, 0.2) is 24.3 Å². The predicted octanol–water partition coefficient (Wildman–Crippen LogP) is 3.20. The second-order valence-electron chi connectivity index (χ2n) is 7.06. The van der Waals surface area contributed by atoms with Gasteiger partial charge in [0.05, 0.1) is 11.1 Å². The van der Waals surface area contributed by atoms with Gasteiger partial charge in [0.15, 0.2) is 0 Å². The van der Waals surface area contributed by atoms with Crippen molar-refractivity contribution in [2.75, 3.05) is 19.1 Å². The highest BCUT2D eigenvalue weighted by molar-refractivity contribution is 7.98. The van der Waals surface area contributed by atoms with Gasteiger partial charge in [-0.2, -0.15) is 11.8 Å². The second kappa shape index (κ2) is 8.25. The fourth-order valence-electron chi connectivity index (χ4n) is 3.97. The molecule has 0 radical (unpaired) electrons. The second-order valence-corrected chi connectivity index (χ2v) is 8.05. The van der Waals surface area contributed by atoms with E-state index in [9.17, 15) is 14.4 Å². The summed E-state index contributed by atoms with van der Waals surface area (Å²) < 4.78 is 0. The van der Waals surface area contributed by atoms with Crippen LogP contribution in [0, 0.1) is 0 Å². The summed E-state index contributed by atoms with van der Waals surface area (Å²) in [6, 6.07) is 6.32. The Balaban J connectivity index is 1.85. The SMILES string of the molecule is CSCCC(C(=O)N(C)C1CCCCC1)N1C(=O)c2ccccc2C1=O. The van der Waals surface area contributed by atoms with Crippen LogP contribution in [0.2, 0.25) is 0 Å². The van der Waals surface area contributed by atoms with Gasteiger partial charge in [-0.15, -0.1) is 0 Å². The quantitative estimate of drug-likeness (QED) is 0.718. The summed E-state index contributed by atoms with van der Waals surface area (Å²) in [4.78, 5) is 41.9. The number of carbonyl (C=O) groups is 3. The largest absolute Gasteiger partial charge is 0.341 e.